The van der Waals surface area contributed by atoms with Crippen molar-refractivity contribution in [2.24, 2.45) is 0 Å². The average molecular weight is 387 g/mol. The van der Waals surface area contributed by atoms with Crippen LogP contribution in [0, 0.1) is 0 Å². The number of anilines is 1. The molecule has 0 fully saturated rings. The predicted octanol–water partition coefficient (Wildman–Crippen LogP) is 5.16. The molecule has 3 aromatic rings. The first-order valence-corrected chi connectivity index (χ1v) is 10.0. The second-order valence-corrected chi connectivity index (χ2v) is 7.33. The monoisotopic (exact) mass is 387 g/mol. The number of carbonyl (C=O) groups excluding carboxylic acids is 1. The summed E-state index contributed by atoms with van der Waals surface area (Å²) >= 11 is 0. The van der Waals surface area contributed by atoms with Crippen LogP contribution < -0.4 is 14.8 Å². The molecule has 148 valence electrons. The molecule has 0 aromatic heterocycles. The minimum atomic E-state index is -0.580. The second-order valence-electron chi connectivity index (χ2n) is 7.33. The largest absolute Gasteiger partial charge is 0.489 e. The molecule has 0 saturated carbocycles. The van der Waals surface area contributed by atoms with E-state index >= 15 is 0 Å². The number of carbonyl (C=O) groups is 1. The normalized spacial score (nSPS) is 13.4. The quantitative estimate of drug-likeness (QED) is 0.609. The summed E-state index contributed by atoms with van der Waals surface area (Å²) < 4.78 is 11.6. The van der Waals surface area contributed by atoms with Crippen LogP contribution in [0.5, 0.6) is 11.5 Å². The minimum absolute atomic E-state index is 0.177. The highest BCUT2D eigenvalue weighted by molar-refractivity contribution is 5.94. The van der Waals surface area contributed by atoms with Crippen molar-refractivity contribution in [2.45, 2.75) is 38.9 Å². The molecule has 3 aromatic carbocycles. The van der Waals surface area contributed by atoms with E-state index in [1.54, 1.807) is 6.92 Å². The van der Waals surface area contributed by atoms with Crippen molar-refractivity contribution >= 4 is 11.6 Å². The molecular weight excluding hydrogens is 362 g/mol. The van der Waals surface area contributed by atoms with Gasteiger partial charge in [-0.25, -0.2) is 0 Å². The summed E-state index contributed by atoms with van der Waals surface area (Å²) in [6.45, 7) is 2.28. The summed E-state index contributed by atoms with van der Waals surface area (Å²) in [4.78, 5) is 12.5. The molecule has 0 saturated heterocycles. The molecule has 4 rings (SSSR count). The van der Waals surface area contributed by atoms with Gasteiger partial charge in [0.05, 0.1) is 0 Å². The lowest BCUT2D eigenvalue weighted by molar-refractivity contribution is -0.122. The fourth-order valence-corrected chi connectivity index (χ4v) is 3.50. The Hall–Kier alpha value is -3.27. The van der Waals surface area contributed by atoms with Crippen molar-refractivity contribution in [3.05, 3.63) is 89.5 Å². The highest BCUT2D eigenvalue weighted by atomic mass is 16.5. The van der Waals surface area contributed by atoms with Gasteiger partial charge in [0.15, 0.2) is 6.10 Å². The Balaban J connectivity index is 1.29. The number of amides is 1. The van der Waals surface area contributed by atoms with Crippen molar-refractivity contribution in [1.29, 1.82) is 0 Å². The van der Waals surface area contributed by atoms with E-state index in [0.717, 1.165) is 29.9 Å². The van der Waals surface area contributed by atoms with Crippen LogP contribution in [-0.4, -0.2) is 12.0 Å². The molecule has 0 bridgehead atoms. The topological polar surface area (TPSA) is 47.6 Å². The Bertz CT molecular complexity index is 967. The number of ether oxygens (including phenoxy) is 2. The lowest BCUT2D eigenvalue weighted by atomic mass is 10.1. The number of nitrogens with one attached hydrogen (secondary N) is 1. The van der Waals surface area contributed by atoms with Gasteiger partial charge in [-0.1, -0.05) is 36.4 Å². The average Bonchev–Trinajstić information content (AvgIpc) is 3.22. The molecule has 1 aliphatic carbocycles. The van der Waals surface area contributed by atoms with Crippen LogP contribution in [0.25, 0.3) is 0 Å². The molecule has 4 nitrogen and oxygen atoms in total. The van der Waals surface area contributed by atoms with Gasteiger partial charge in [-0.3, -0.25) is 4.79 Å². The maximum Gasteiger partial charge on any atom is 0.265 e. The van der Waals surface area contributed by atoms with Crippen molar-refractivity contribution in [3.63, 3.8) is 0 Å². The lowest BCUT2D eigenvalue weighted by Crippen LogP contribution is -2.30. The first-order chi connectivity index (χ1) is 14.2. The van der Waals surface area contributed by atoms with Crippen molar-refractivity contribution in [2.75, 3.05) is 5.32 Å². The van der Waals surface area contributed by atoms with Gasteiger partial charge in [-0.15, -0.1) is 0 Å². The second kappa shape index (κ2) is 8.82. The summed E-state index contributed by atoms with van der Waals surface area (Å²) in [5, 5.41) is 2.90. The van der Waals surface area contributed by atoms with Gasteiger partial charge in [0.1, 0.15) is 18.1 Å². The number of rotatable bonds is 7. The molecule has 1 unspecified atom stereocenters. The highest BCUT2D eigenvalue weighted by Gasteiger charge is 2.17. The fourth-order valence-electron chi connectivity index (χ4n) is 3.50. The molecular formula is C25H25NO3. The highest BCUT2D eigenvalue weighted by Crippen LogP contribution is 2.26. The molecule has 1 aliphatic rings. The van der Waals surface area contributed by atoms with Gasteiger partial charge >= 0.3 is 0 Å². The maximum absolute atomic E-state index is 12.5. The van der Waals surface area contributed by atoms with Crippen LogP contribution in [0.1, 0.15) is 30.0 Å². The van der Waals surface area contributed by atoms with E-state index in [1.807, 2.05) is 60.7 Å². The van der Waals surface area contributed by atoms with Gasteiger partial charge < -0.3 is 14.8 Å². The summed E-state index contributed by atoms with van der Waals surface area (Å²) in [6, 6.07) is 23.5. The van der Waals surface area contributed by atoms with E-state index in [4.69, 9.17) is 9.47 Å². The molecule has 0 radical (unpaired) electrons. The zero-order valence-corrected chi connectivity index (χ0v) is 16.6. The molecule has 1 N–H and O–H groups in total. The number of benzene rings is 3. The van der Waals surface area contributed by atoms with Crippen molar-refractivity contribution in [3.8, 4) is 11.5 Å². The molecule has 1 amide bonds. The van der Waals surface area contributed by atoms with Crippen LogP contribution >= 0.6 is 0 Å². The van der Waals surface area contributed by atoms with Crippen LogP contribution in [-0.2, 0) is 24.2 Å². The van der Waals surface area contributed by atoms with E-state index < -0.39 is 6.10 Å². The standard InChI is InChI=1S/C25H25NO3/c1-18(29-24-13-10-20-8-5-9-21(20)16-24)25(27)26-22-11-14-23(15-12-22)28-17-19-6-3-2-4-7-19/h2-4,6-7,10-16,18H,5,8-9,17H2,1H3,(H,26,27). The van der Waals surface area contributed by atoms with Crippen LogP contribution in [0.3, 0.4) is 0 Å². The van der Waals surface area contributed by atoms with E-state index in [9.17, 15) is 4.79 Å². The van der Waals surface area contributed by atoms with Gasteiger partial charge in [-0.2, -0.15) is 0 Å². The Kier molecular flexibility index (Phi) is 5.80. The van der Waals surface area contributed by atoms with Crippen LogP contribution in [0.4, 0.5) is 5.69 Å². The van der Waals surface area contributed by atoms with Crippen molar-refractivity contribution < 1.29 is 14.3 Å². The lowest BCUT2D eigenvalue weighted by Gasteiger charge is -2.16. The van der Waals surface area contributed by atoms with E-state index in [-0.39, 0.29) is 5.91 Å². The van der Waals surface area contributed by atoms with E-state index in [2.05, 4.69) is 17.4 Å². The summed E-state index contributed by atoms with van der Waals surface area (Å²) in [5.74, 6) is 1.33. The third-order valence-corrected chi connectivity index (χ3v) is 5.12. The van der Waals surface area contributed by atoms with Gasteiger partial charge in [0.25, 0.3) is 5.91 Å². The third-order valence-electron chi connectivity index (χ3n) is 5.12. The Morgan fingerprint density at radius 3 is 2.45 bits per heavy atom. The zero-order valence-electron chi connectivity index (χ0n) is 16.6. The molecule has 1 atom stereocenters. The Labute approximate surface area is 171 Å². The molecule has 4 heteroatoms. The fraction of sp³-hybridized carbons (Fsp3) is 0.240. The maximum atomic E-state index is 12.5. The molecule has 0 heterocycles. The van der Waals surface area contributed by atoms with Gasteiger partial charge in [0, 0.05) is 5.69 Å². The number of hydrogen-bond acceptors (Lipinski definition) is 3. The smallest absolute Gasteiger partial charge is 0.265 e. The van der Waals surface area contributed by atoms with E-state index in [0.29, 0.717) is 12.3 Å². The van der Waals surface area contributed by atoms with Crippen LogP contribution in [0.2, 0.25) is 0 Å². The summed E-state index contributed by atoms with van der Waals surface area (Å²) in [6.07, 6.45) is 2.84. The number of fused-ring (bicyclic) bond motifs is 1. The van der Waals surface area contributed by atoms with Gasteiger partial charge in [0.2, 0.25) is 0 Å². The minimum Gasteiger partial charge on any atom is -0.489 e. The van der Waals surface area contributed by atoms with Crippen molar-refractivity contribution in [1.82, 2.24) is 0 Å². The predicted molar refractivity (Wildman–Crippen MR) is 114 cm³/mol. The molecule has 0 spiro atoms. The summed E-state index contributed by atoms with van der Waals surface area (Å²) in [5.41, 5.74) is 4.55. The Morgan fingerprint density at radius 1 is 0.931 bits per heavy atom. The third kappa shape index (κ3) is 4.96. The number of hydrogen-bond donors (Lipinski definition) is 1. The van der Waals surface area contributed by atoms with Crippen LogP contribution in [0.15, 0.2) is 72.8 Å². The first-order valence-electron chi connectivity index (χ1n) is 10.0. The number of aryl methyl sites for hydroxylation is 2. The van der Waals surface area contributed by atoms with E-state index in [1.165, 1.54) is 17.5 Å². The Morgan fingerprint density at radius 2 is 1.66 bits per heavy atom. The molecule has 29 heavy (non-hydrogen) atoms. The summed E-state index contributed by atoms with van der Waals surface area (Å²) in [7, 11) is 0. The first kappa shape index (κ1) is 19.1. The SMILES string of the molecule is CC(Oc1ccc2c(c1)CCC2)C(=O)Nc1ccc(OCc2ccccc2)cc1. The van der Waals surface area contributed by atoms with Gasteiger partial charge in [-0.05, 0) is 79.3 Å². The zero-order chi connectivity index (χ0) is 20.1. The molecule has 0 aliphatic heterocycles.